The molecule has 1 aliphatic heterocycles. The van der Waals surface area contributed by atoms with Gasteiger partial charge in [-0.2, -0.15) is 0 Å². The van der Waals surface area contributed by atoms with Gasteiger partial charge in [0.1, 0.15) is 11.6 Å². The SMILES string of the molecule is CC(C)Oc1ccc(-n2nc(C(=O)Nc3ccc(CN4CC(C(=O)O)C4)cc3)nc2C(C)(C)C)cc1Cl. The number of halogens is 1. The molecule has 1 aromatic heterocycles. The largest absolute Gasteiger partial charge is 0.489 e. The maximum atomic E-state index is 13.0. The third kappa shape index (κ3) is 6.29. The molecule has 1 aliphatic rings. The number of anilines is 1. The number of nitrogens with zero attached hydrogens (tertiary/aromatic N) is 4. The number of rotatable bonds is 8. The molecule has 0 saturated carbocycles. The van der Waals surface area contributed by atoms with Crippen LogP contribution in [0.4, 0.5) is 5.69 Å². The molecule has 1 amide bonds. The molecule has 0 bridgehead atoms. The summed E-state index contributed by atoms with van der Waals surface area (Å²) < 4.78 is 7.37. The normalized spacial score (nSPS) is 14.5. The van der Waals surface area contributed by atoms with Crippen LogP contribution in [0.3, 0.4) is 0 Å². The summed E-state index contributed by atoms with van der Waals surface area (Å²) in [7, 11) is 0. The van der Waals surface area contributed by atoms with Crippen LogP contribution in [0.2, 0.25) is 5.02 Å². The first-order chi connectivity index (χ1) is 17.4. The fourth-order valence-electron chi connectivity index (χ4n) is 4.04. The summed E-state index contributed by atoms with van der Waals surface area (Å²) in [6.45, 7) is 11.6. The molecule has 4 rings (SSSR count). The van der Waals surface area contributed by atoms with Crippen molar-refractivity contribution in [1.29, 1.82) is 0 Å². The highest BCUT2D eigenvalue weighted by Crippen LogP contribution is 2.30. The molecule has 10 heteroatoms. The van der Waals surface area contributed by atoms with Gasteiger partial charge in [-0.3, -0.25) is 14.5 Å². The quantitative estimate of drug-likeness (QED) is 0.435. The van der Waals surface area contributed by atoms with Crippen LogP contribution in [-0.4, -0.2) is 55.8 Å². The first kappa shape index (κ1) is 26.6. The summed E-state index contributed by atoms with van der Waals surface area (Å²) in [6, 6.07) is 12.8. The number of carboxylic acids is 1. The van der Waals surface area contributed by atoms with Gasteiger partial charge in [0.05, 0.1) is 22.7 Å². The van der Waals surface area contributed by atoms with Crippen molar-refractivity contribution >= 4 is 29.2 Å². The highest BCUT2D eigenvalue weighted by atomic mass is 35.5. The number of aliphatic carboxylic acids is 1. The van der Waals surface area contributed by atoms with Crippen LogP contribution >= 0.6 is 11.6 Å². The molecule has 0 unspecified atom stereocenters. The lowest BCUT2D eigenvalue weighted by atomic mass is 9.95. The van der Waals surface area contributed by atoms with Crippen LogP contribution < -0.4 is 10.1 Å². The Labute approximate surface area is 221 Å². The van der Waals surface area contributed by atoms with Crippen LogP contribution in [0.1, 0.15) is 56.6 Å². The topological polar surface area (TPSA) is 110 Å². The first-order valence-corrected chi connectivity index (χ1v) is 12.6. The maximum absolute atomic E-state index is 13.0. The lowest BCUT2D eigenvalue weighted by Gasteiger charge is -2.36. The number of hydrogen-bond acceptors (Lipinski definition) is 6. The third-order valence-electron chi connectivity index (χ3n) is 5.93. The summed E-state index contributed by atoms with van der Waals surface area (Å²) in [5.74, 6) is -0.208. The molecular weight excluding hydrogens is 494 g/mol. The van der Waals surface area contributed by atoms with Crippen molar-refractivity contribution in [3.05, 3.63) is 64.7 Å². The first-order valence-electron chi connectivity index (χ1n) is 12.2. The molecule has 1 fully saturated rings. The summed E-state index contributed by atoms with van der Waals surface area (Å²) in [5.41, 5.74) is 1.95. The second-order valence-electron chi connectivity index (χ2n) is 10.6. The Bertz CT molecular complexity index is 1290. The van der Waals surface area contributed by atoms with Crippen molar-refractivity contribution in [2.24, 2.45) is 5.92 Å². The zero-order chi connectivity index (χ0) is 26.9. The van der Waals surface area contributed by atoms with E-state index in [1.165, 1.54) is 0 Å². The summed E-state index contributed by atoms with van der Waals surface area (Å²) in [5, 5.41) is 16.8. The van der Waals surface area contributed by atoms with E-state index in [1.807, 2.05) is 65.0 Å². The minimum absolute atomic E-state index is 0.00997. The molecule has 0 radical (unpaired) electrons. The Morgan fingerprint density at radius 2 is 1.84 bits per heavy atom. The summed E-state index contributed by atoms with van der Waals surface area (Å²) in [6.07, 6.45) is -0.00997. The number of amides is 1. The smallest absolute Gasteiger partial charge is 0.309 e. The highest BCUT2D eigenvalue weighted by Gasteiger charge is 2.32. The number of likely N-dealkylation sites (tertiary alicyclic amines) is 1. The molecule has 37 heavy (non-hydrogen) atoms. The van der Waals surface area contributed by atoms with E-state index in [9.17, 15) is 9.59 Å². The lowest BCUT2D eigenvalue weighted by Crippen LogP contribution is -2.49. The molecule has 1 saturated heterocycles. The van der Waals surface area contributed by atoms with E-state index < -0.39 is 11.9 Å². The Morgan fingerprint density at radius 3 is 2.41 bits per heavy atom. The van der Waals surface area contributed by atoms with E-state index in [4.69, 9.17) is 21.4 Å². The number of carbonyl (C=O) groups excluding carboxylic acids is 1. The fourth-order valence-corrected chi connectivity index (χ4v) is 4.26. The highest BCUT2D eigenvalue weighted by molar-refractivity contribution is 6.32. The Hall–Kier alpha value is -3.43. The van der Waals surface area contributed by atoms with Crippen LogP contribution in [0.25, 0.3) is 5.69 Å². The lowest BCUT2D eigenvalue weighted by molar-refractivity contribution is -0.147. The van der Waals surface area contributed by atoms with Gasteiger partial charge in [-0.05, 0) is 49.7 Å². The van der Waals surface area contributed by atoms with Gasteiger partial charge in [-0.25, -0.2) is 9.67 Å². The van der Waals surface area contributed by atoms with E-state index in [2.05, 4.69) is 20.3 Å². The van der Waals surface area contributed by atoms with Crippen LogP contribution in [0.15, 0.2) is 42.5 Å². The van der Waals surface area contributed by atoms with Crippen molar-refractivity contribution in [1.82, 2.24) is 19.7 Å². The molecule has 9 nitrogen and oxygen atoms in total. The van der Waals surface area contributed by atoms with Gasteiger partial charge < -0.3 is 15.2 Å². The van der Waals surface area contributed by atoms with E-state index in [-0.39, 0.29) is 23.3 Å². The summed E-state index contributed by atoms with van der Waals surface area (Å²) in [4.78, 5) is 30.7. The predicted octanol–water partition coefficient (Wildman–Crippen LogP) is 4.77. The predicted molar refractivity (Wildman–Crippen MR) is 142 cm³/mol. The number of benzene rings is 2. The second-order valence-corrected chi connectivity index (χ2v) is 11.0. The van der Waals surface area contributed by atoms with E-state index in [1.54, 1.807) is 16.8 Å². The molecular formula is C27H32ClN5O4. The zero-order valence-corrected chi connectivity index (χ0v) is 22.4. The minimum atomic E-state index is -0.750. The molecule has 2 heterocycles. The molecule has 2 aromatic carbocycles. The number of ether oxygens (including phenoxy) is 1. The monoisotopic (exact) mass is 525 g/mol. The van der Waals surface area contributed by atoms with Crippen molar-refractivity contribution in [2.45, 2.75) is 52.7 Å². The van der Waals surface area contributed by atoms with Crippen LogP contribution in [0.5, 0.6) is 5.75 Å². The van der Waals surface area contributed by atoms with Gasteiger partial charge in [-0.1, -0.05) is 44.5 Å². The molecule has 3 aromatic rings. The van der Waals surface area contributed by atoms with Crippen LogP contribution in [0, 0.1) is 5.92 Å². The van der Waals surface area contributed by atoms with E-state index >= 15 is 0 Å². The molecule has 0 spiro atoms. The zero-order valence-electron chi connectivity index (χ0n) is 21.7. The Morgan fingerprint density at radius 1 is 1.16 bits per heavy atom. The summed E-state index contributed by atoms with van der Waals surface area (Å²) >= 11 is 6.45. The standard InChI is InChI=1S/C27H32ClN5O4/c1-16(2)37-22-11-10-20(12-21(22)28)33-26(27(3,4)5)30-23(31-33)24(34)29-19-8-6-17(7-9-19)13-32-14-18(15-32)25(35)36/h6-12,16,18H,13-15H2,1-5H3,(H,29,34)(H,35,36). The third-order valence-corrected chi connectivity index (χ3v) is 6.22. The average molecular weight is 526 g/mol. The van der Waals surface area contributed by atoms with Gasteiger partial charge in [0.2, 0.25) is 5.82 Å². The molecule has 0 aliphatic carbocycles. The van der Waals surface area contributed by atoms with Gasteiger partial charge >= 0.3 is 5.97 Å². The van der Waals surface area contributed by atoms with Crippen LogP contribution in [-0.2, 0) is 16.8 Å². The van der Waals surface area contributed by atoms with Crippen molar-refractivity contribution in [3.8, 4) is 11.4 Å². The van der Waals surface area contributed by atoms with Crippen molar-refractivity contribution < 1.29 is 19.4 Å². The van der Waals surface area contributed by atoms with Gasteiger partial charge in [0.25, 0.3) is 5.91 Å². The molecule has 2 N–H and O–H groups in total. The van der Waals surface area contributed by atoms with Gasteiger partial charge in [0.15, 0.2) is 0 Å². The average Bonchev–Trinajstić information content (AvgIpc) is 3.24. The number of aromatic nitrogens is 3. The minimum Gasteiger partial charge on any atom is -0.489 e. The Kier molecular flexibility index (Phi) is 7.57. The second kappa shape index (κ2) is 10.5. The molecule has 0 atom stereocenters. The van der Waals surface area contributed by atoms with Crippen molar-refractivity contribution in [2.75, 3.05) is 18.4 Å². The van der Waals surface area contributed by atoms with Crippen molar-refractivity contribution in [3.63, 3.8) is 0 Å². The Balaban J connectivity index is 1.49. The number of nitrogens with one attached hydrogen (secondary N) is 1. The number of carboxylic acid groups (broad SMARTS) is 1. The van der Waals surface area contributed by atoms with Gasteiger partial charge in [0, 0.05) is 30.7 Å². The molecule has 196 valence electrons. The fraction of sp³-hybridized carbons (Fsp3) is 0.407. The van der Waals surface area contributed by atoms with E-state index in [0.717, 1.165) is 5.56 Å². The number of carbonyl (C=O) groups is 2. The van der Waals surface area contributed by atoms with E-state index in [0.29, 0.717) is 47.6 Å². The van der Waals surface area contributed by atoms with Gasteiger partial charge in [-0.15, -0.1) is 5.10 Å². The number of hydrogen-bond donors (Lipinski definition) is 2. The maximum Gasteiger partial charge on any atom is 0.309 e.